The highest BCUT2D eigenvalue weighted by atomic mass is 35.5. The molecule has 0 fully saturated rings. The summed E-state index contributed by atoms with van der Waals surface area (Å²) in [4.78, 5) is 11.6. The molecule has 1 aromatic rings. The van der Waals surface area contributed by atoms with E-state index in [0.29, 0.717) is 12.8 Å². The van der Waals surface area contributed by atoms with Crippen LogP contribution in [0.5, 0.6) is 0 Å². The quantitative estimate of drug-likeness (QED) is 0.778. The molecule has 0 N–H and O–H groups in total. The van der Waals surface area contributed by atoms with E-state index in [2.05, 4.69) is 13.8 Å². The molecule has 3 heteroatoms. The van der Waals surface area contributed by atoms with Crippen LogP contribution >= 0.6 is 11.6 Å². The predicted octanol–water partition coefficient (Wildman–Crippen LogP) is 4.34. The molecule has 96 valence electrons. The molecule has 2 rings (SSSR count). The minimum Gasteiger partial charge on any atom is -0.295 e. The number of hydrogen-bond donors (Lipinski definition) is 0. The van der Waals surface area contributed by atoms with E-state index in [-0.39, 0.29) is 16.2 Å². The van der Waals surface area contributed by atoms with Crippen molar-refractivity contribution in [3.05, 3.63) is 46.3 Å². The molecule has 1 aliphatic carbocycles. The van der Waals surface area contributed by atoms with E-state index in [9.17, 15) is 9.18 Å². The third-order valence-corrected chi connectivity index (χ3v) is 3.43. The minimum absolute atomic E-state index is 0.0188. The second kappa shape index (κ2) is 4.85. The van der Waals surface area contributed by atoms with Crippen LogP contribution in [0.1, 0.15) is 32.3 Å². The standard InChI is InChI=1S/C15H16ClFO/c1-15(2)8-11(6-12(18)9-15)5-10-3-4-14(17)13(16)7-10/h3-4,6-7H,5,8-9H2,1-2H3. The smallest absolute Gasteiger partial charge is 0.156 e. The van der Waals surface area contributed by atoms with Crippen LogP contribution in [0, 0.1) is 11.2 Å². The van der Waals surface area contributed by atoms with Crippen LogP contribution < -0.4 is 0 Å². The zero-order valence-corrected chi connectivity index (χ0v) is 11.4. The number of allylic oxidation sites excluding steroid dienone is 2. The van der Waals surface area contributed by atoms with Gasteiger partial charge in [-0.3, -0.25) is 4.79 Å². The molecule has 1 aromatic carbocycles. The summed E-state index contributed by atoms with van der Waals surface area (Å²) in [5.41, 5.74) is 2.06. The monoisotopic (exact) mass is 266 g/mol. The van der Waals surface area contributed by atoms with Crippen molar-refractivity contribution in [2.45, 2.75) is 33.1 Å². The lowest BCUT2D eigenvalue weighted by molar-refractivity contribution is -0.117. The Labute approximate surface area is 112 Å². The number of hydrogen-bond acceptors (Lipinski definition) is 1. The van der Waals surface area contributed by atoms with Gasteiger partial charge in [-0.2, -0.15) is 0 Å². The molecule has 1 nitrogen and oxygen atoms in total. The fraction of sp³-hybridized carbons (Fsp3) is 0.400. The Balaban J connectivity index is 2.18. The normalized spacial score (nSPS) is 18.7. The molecule has 0 radical (unpaired) electrons. The molecule has 0 spiro atoms. The summed E-state index contributed by atoms with van der Waals surface area (Å²) in [6, 6.07) is 4.71. The third-order valence-electron chi connectivity index (χ3n) is 3.14. The molecule has 0 aliphatic heterocycles. The van der Waals surface area contributed by atoms with Gasteiger partial charge in [0.05, 0.1) is 5.02 Å². The maximum absolute atomic E-state index is 13.1. The van der Waals surface area contributed by atoms with Gasteiger partial charge < -0.3 is 0 Å². The van der Waals surface area contributed by atoms with Crippen molar-refractivity contribution in [1.29, 1.82) is 0 Å². The van der Waals surface area contributed by atoms with Crippen molar-refractivity contribution in [3.63, 3.8) is 0 Å². The van der Waals surface area contributed by atoms with E-state index in [1.54, 1.807) is 18.2 Å². The first-order valence-corrected chi connectivity index (χ1v) is 6.40. The molecule has 0 saturated carbocycles. The molecule has 0 aromatic heterocycles. The van der Waals surface area contributed by atoms with Crippen molar-refractivity contribution < 1.29 is 9.18 Å². The molecule has 0 amide bonds. The molecular formula is C15H16ClFO. The van der Waals surface area contributed by atoms with Gasteiger partial charge in [-0.15, -0.1) is 0 Å². The van der Waals surface area contributed by atoms with Crippen LogP contribution in [0.15, 0.2) is 29.8 Å². The van der Waals surface area contributed by atoms with E-state index in [1.165, 1.54) is 6.07 Å². The van der Waals surface area contributed by atoms with Crippen LogP contribution in [0.2, 0.25) is 5.02 Å². The van der Waals surface area contributed by atoms with Gasteiger partial charge in [0.2, 0.25) is 0 Å². The van der Waals surface area contributed by atoms with Crippen molar-refractivity contribution >= 4 is 17.4 Å². The highest BCUT2D eigenvalue weighted by molar-refractivity contribution is 6.30. The minimum atomic E-state index is -0.408. The molecule has 0 saturated heterocycles. The maximum atomic E-state index is 13.1. The van der Waals surface area contributed by atoms with Gasteiger partial charge in [-0.1, -0.05) is 37.1 Å². The Morgan fingerprint density at radius 1 is 1.33 bits per heavy atom. The lowest BCUT2D eigenvalue weighted by Gasteiger charge is -2.28. The van der Waals surface area contributed by atoms with Crippen molar-refractivity contribution in [2.75, 3.05) is 0 Å². The average Bonchev–Trinajstić information content (AvgIpc) is 2.20. The topological polar surface area (TPSA) is 17.1 Å². The van der Waals surface area contributed by atoms with Crippen LogP contribution in [0.4, 0.5) is 4.39 Å². The largest absolute Gasteiger partial charge is 0.295 e. The van der Waals surface area contributed by atoms with E-state index in [1.807, 2.05) is 0 Å². The molecule has 18 heavy (non-hydrogen) atoms. The van der Waals surface area contributed by atoms with Gasteiger partial charge >= 0.3 is 0 Å². The van der Waals surface area contributed by atoms with Crippen LogP contribution in [-0.2, 0) is 11.2 Å². The van der Waals surface area contributed by atoms with E-state index in [4.69, 9.17) is 11.6 Å². The molecule has 0 atom stereocenters. The molecule has 0 bridgehead atoms. The Morgan fingerprint density at radius 2 is 2.06 bits per heavy atom. The Morgan fingerprint density at radius 3 is 2.67 bits per heavy atom. The summed E-state index contributed by atoms with van der Waals surface area (Å²) in [7, 11) is 0. The maximum Gasteiger partial charge on any atom is 0.156 e. The third kappa shape index (κ3) is 3.20. The number of carbonyl (C=O) groups is 1. The van der Waals surface area contributed by atoms with E-state index < -0.39 is 5.82 Å². The first-order valence-electron chi connectivity index (χ1n) is 6.02. The molecule has 0 heterocycles. The van der Waals surface area contributed by atoms with Gasteiger partial charge in [0, 0.05) is 6.42 Å². The fourth-order valence-electron chi connectivity index (χ4n) is 2.50. The van der Waals surface area contributed by atoms with Crippen LogP contribution in [0.25, 0.3) is 0 Å². The number of ketones is 1. The Bertz CT molecular complexity index is 517. The number of carbonyl (C=O) groups excluding carboxylic acids is 1. The summed E-state index contributed by atoms with van der Waals surface area (Å²) in [6.07, 6.45) is 3.88. The highest BCUT2D eigenvalue weighted by Crippen LogP contribution is 2.35. The van der Waals surface area contributed by atoms with Crippen molar-refractivity contribution in [3.8, 4) is 0 Å². The van der Waals surface area contributed by atoms with Crippen molar-refractivity contribution in [1.82, 2.24) is 0 Å². The van der Waals surface area contributed by atoms with E-state index >= 15 is 0 Å². The summed E-state index contributed by atoms with van der Waals surface area (Å²) >= 11 is 5.75. The zero-order valence-electron chi connectivity index (χ0n) is 10.6. The summed E-state index contributed by atoms with van der Waals surface area (Å²) < 4.78 is 13.1. The predicted molar refractivity (Wildman–Crippen MR) is 71.2 cm³/mol. The summed E-state index contributed by atoms with van der Waals surface area (Å²) in [6.45, 7) is 4.19. The number of rotatable bonds is 2. The first-order chi connectivity index (χ1) is 8.35. The Hall–Kier alpha value is -1.15. The lowest BCUT2D eigenvalue weighted by Crippen LogP contribution is -2.22. The second-order valence-corrected chi connectivity index (χ2v) is 6.12. The Kier molecular flexibility index (Phi) is 3.58. The summed E-state index contributed by atoms with van der Waals surface area (Å²) in [5, 5.41) is 0.134. The van der Waals surface area contributed by atoms with Gasteiger partial charge in [0.1, 0.15) is 5.82 Å². The molecule has 0 unspecified atom stereocenters. The first kappa shape index (κ1) is 13.3. The van der Waals surface area contributed by atoms with Crippen LogP contribution in [-0.4, -0.2) is 5.78 Å². The SMILES string of the molecule is CC1(C)CC(=O)C=C(Cc2ccc(F)c(Cl)c2)C1. The fourth-order valence-corrected chi connectivity index (χ4v) is 2.71. The van der Waals surface area contributed by atoms with Crippen molar-refractivity contribution in [2.24, 2.45) is 5.41 Å². The van der Waals surface area contributed by atoms with E-state index in [0.717, 1.165) is 17.6 Å². The van der Waals surface area contributed by atoms with Gasteiger partial charge in [0.15, 0.2) is 5.78 Å². The number of benzene rings is 1. The second-order valence-electron chi connectivity index (χ2n) is 5.71. The summed E-state index contributed by atoms with van der Waals surface area (Å²) in [5.74, 6) is -0.232. The highest BCUT2D eigenvalue weighted by Gasteiger charge is 2.27. The average molecular weight is 267 g/mol. The van der Waals surface area contributed by atoms with Gasteiger partial charge in [-0.25, -0.2) is 4.39 Å². The van der Waals surface area contributed by atoms with Gasteiger partial charge in [-0.05, 0) is 42.0 Å². The van der Waals surface area contributed by atoms with Crippen LogP contribution in [0.3, 0.4) is 0 Å². The molecular weight excluding hydrogens is 251 g/mol. The zero-order chi connectivity index (χ0) is 13.3. The molecule has 1 aliphatic rings. The lowest BCUT2D eigenvalue weighted by atomic mass is 9.75. The van der Waals surface area contributed by atoms with Gasteiger partial charge in [0.25, 0.3) is 0 Å². The number of halogens is 2.